The summed E-state index contributed by atoms with van der Waals surface area (Å²) < 4.78 is 5.25. The number of benzene rings is 1. The summed E-state index contributed by atoms with van der Waals surface area (Å²) in [6.45, 7) is 4.27. The summed E-state index contributed by atoms with van der Waals surface area (Å²) in [5.41, 5.74) is 3.81. The van der Waals surface area contributed by atoms with Crippen LogP contribution in [0.2, 0.25) is 5.02 Å². The average Bonchev–Trinajstić information content (AvgIpc) is 3.21. The molecule has 7 heteroatoms. The molecule has 3 aromatic rings. The summed E-state index contributed by atoms with van der Waals surface area (Å²) in [6, 6.07) is 8.76. The number of fused-ring (bicyclic) bond motifs is 1. The monoisotopic (exact) mass is 396 g/mol. The Morgan fingerprint density at radius 3 is 2.64 bits per heavy atom. The fourth-order valence-electron chi connectivity index (χ4n) is 3.66. The van der Waals surface area contributed by atoms with Gasteiger partial charge in [0.05, 0.1) is 13.2 Å². The van der Waals surface area contributed by atoms with Crippen molar-refractivity contribution < 1.29 is 9.53 Å². The van der Waals surface area contributed by atoms with Crippen molar-refractivity contribution in [1.82, 2.24) is 15.2 Å². The summed E-state index contributed by atoms with van der Waals surface area (Å²) in [5.74, 6) is 0.987. The van der Waals surface area contributed by atoms with Crippen LogP contribution in [0.4, 0.5) is 5.69 Å². The van der Waals surface area contributed by atoms with Crippen molar-refractivity contribution in [2.75, 3.05) is 12.0 Å². The number of carbonyl (C=O) groups excluding carboxylic acids is 1. The quantitative estimate of drug-likeness (QED) is 0.693. The second kappa shape index (κ2) is 7.28. The van der Waals surface area contributed by atoms with Gasteiger partial charge in [-0.2, -0.15) is 5.10 Å². The van der Waals surface area contributed by atoms with Crippen LogP contribution in [0.3, 0.4) is 0 Å². The number of nitrogens with zero attached hydrogens (tertiary/aromatic N) is 3. The van der Waals surface area contributed by atoms with E-state index >= 15 is 0 Å². The highest BCUT2D eigenvalue weighted by molar-refractivity contribution is 6.31. The van der Waals surface area contributed by atoms with Crippen LogP contribution in [0.1, 0.15) is 47.2 Å². The zero-order valence-corrected chi connectivity index (χ0v) is 16.7. The highest BCUT2D eigenvalue weighted by atomic mass is 35.5. The summed E-state index contributed by atoms with van der Waals surface area (Å²) >= 11 is 6.52. The normalized spacial score (nSPS) is 16.0. The molecule has 1 aliphatic rings. The van der Waals surface area contributed by atoms with E-state index in [0.29, 0.717) is 16.6 Å². The number of methoxy groups -OCH3 is 1. The Labute approximate surface area is 168 Å². The summed E-state index contributed by atoms with van der Waals surface area (Å²) in [7, 11) is 1.61. The summed E-state index contributed by atoms with van der Waals surface area (Å²) in [6.07, 6.45) is 4.16. The summed E-state index contributed by atoms with van der Waals surface area (Å²) in [5, 5.41) is 7.97. The van der Waals surface area contributed by atoms with Gasteiger partial charge in [0.1, 0.15) is 5.75 Å². The first-order valence-corrected chi connectivity index (χ1v) is 9.53. The molecule has 28 heavy (non-hydrogen) atoms. The van der Waals surface area contributed by atoms with Gasteiger partial charge in [-0.25, -0.2) is 0 Å². The predicted molar refractivity (Wildman–Crippen MR) is 108 cm³/mol. The zero-order valence-electron chi connectivity index (χ0n) is 15.9. The molecular formula is C21H21ClN4O2. The predicted octanol–water partition coefficient (Wildman–Crippen LogP) is 4.42. The van der Waals surface area contributed by atoms with E-state index in [0.717, 1.165) is 34.7 Å². The maximum Gasteiger partial charge on any atom is 0.280 e. The lowest BCUT2D eigenvalue weighted by atomic mass is 9.96. The third-order valence-corrected chi connectivity index (χ3v) is 5.23. The van der Waals surface area contributed by atoms with Crippen molar-refractivity contribution in [3.05, 3.63) is 70.3 Å². The Morgan fingerprint density at radius 2 is 2.00 bits per heavy atom. The lowest BCUT2D eigenvalue weighted by molar-refractivity contribution is 0.0988. The number of hydrogen-bond acceptors (Lipinski definition) is 4. The van der Waals surface area contributed by atoms with Crippen LogP contribution < -0.4 is 9.64 Å². The Balaban J connectivity index is 1.88. The molecule has 3 heterocycles. The molecule has 0 bridgehead atoms. The second-order valence-electron chi connectivity index (χ2n) is 7.24. The van der Waals surface area contributed by atoms with Crippen molar-refractivity contribution in [2.24, 2.45) is 5.92 Å². The molecule has 0 fully saturated rings. The molecule has 0 spiro atoms. The van der Waals surface area contributed by atoms with Gasteiger partial charge in [0.2, 0.25) is 0 Å². The lowest BCUT2D eigenvalue weighted by Gasteiger charge is -2.27. The van der Waals surface area contributed by atoms with E-state index in [4.69, 9.17) is 16.3 Å². The van der Waals surface area contributed by atoms with Crippen LogP contribution in [0, 0.1) is 5.92 Å². The van der Waals surface area contributed by atoms with Crippen molar-refractivity contribution in [3.8, 4) is 5.75 Å². The highest BCUT2D eigenvalue weighted by Crippen LogP contribution is 2.44. The van der Waals surface area contributed by atoms with E-state index in [1.54, 1.807) is 30.5 Å². The Hall–Kier alpha value is -2.86. The van der Waals surface area contributed by atoms with Crippen LogP contribution in [0.5, 0.6) is 5.75 Å². The fourth-order valence-corrected chi connectivity index (χ4v) is 3.87. The first kappa shape index (κ1) is 18.5. The highest BCUT2D eigenvalue weighted by Gasteiger charge is 2.43. The number of amides is 1. The molecule has 0 aliphatic carbocycles. The van der Waals surface area contributed by atoms with Crippen LogP contribution >= 0.6 is 11.6 Å². The number of H-pyrrole nitrogens is 1. The van der Waals surface area contributed by atoms with E-state index in [1.165, 1.54) is 0 Å². The van der Waals surface area contributed by atoms with Crippen molar-refractivity contribution >= 4 is 23.2 Å². The van der Waals surface area contributed by atoms with E-state index in [9.17, 15) is 4.79 Å². The minimum absolute atomic E-state index is 0.156. The van der Waals surface area contributed by atoms with Gasteiger partial charge in [0.25, 0.3) is 5.91 Å². The second-order valence-corrected chi connectivity index (χ2v) is 7.64. The molecular weight excluding hydrogens is 376 g/mol. The molecule has 1 aromatic carbocycles. The number of hydrogen-bond donors (Lipinski definition) is 1. The SMILES string of the molecule is COc1ccc(N2C(=O)c3n[nH]c(CC(C)C)c3C2c2cnccc2Cl)cc1. The molecule has 1 amide bonds. The van der Waals surface area contributed by atoms with Crippen LogP contribution in [-0.4, -0.2) is 28.2 Å². The number of carbonyl (C=O) groups is 1. The van der Waals surface area contributed by atoms with Crippen LogP contribution in [-0.2, 0) is 6.42 Å². The third-order valence-electron chi connectivity index (χ3n) is 4.89. The third kappa shape index (κ3) is 3.03. The lowest BCUT2D eigenvalue weighted by Crippen LogP contribution is -2.29. The molecule has 1 aliphatic heterocycles. The van der Waals surface area contributed by atoms with Gasteiger partial charge >= 0.3 is 0 Å². The Kier molecular flexibility index (Phi) is 4.81. The molecule has 1 unspecified atom stereocenters. The average molecular weight is 397 g/mol. The fraction of sp³-hybridized carbons (Fsp3) is 0.286. The molecule has 144 valence electrons. The van der Waals surface area contributed by atoms with Gasteiger partial charge in [0.15, 0.2) is 5.69 Å². The van der Waals surface area contributed by atoms with Gasteiger partial charge in [-0.3, -0.25) is 19.8 Å². The molecule has 0 radical (unpaired) electrons. The molecule has 6 nitrogen and oxygen atoms in total. The van der Waals surface area contributed by atoms with E-state index in [2.05, 4.69) is 29.0 Å². The van der Waals surface area contributed by atoms with Crippen LogP contribution in [0.15, 0.2) is 42.7 Å². The summed E-state index contributed by atoms with van der Waals surface area (Å²) in [4.78, 5) is 19.3. The van der Waals surface area contributed by atoms with E-state index in [-0.39, 0.29) is 11.9 Å². The van der Waals surface area contributed by atoms with Gasteiger partial charge in [-0.1, -0.05) is 25.4 Å². The van der Waals surface area contributed by atoms with E-state index in [1.807, 2.05) is 24.3 Å². The van der Waals surface area contributed by atoms with Gasteiger partial charge in [-0.05, 0) is 42.7 Å². The number of ether oxygens (including phenoxy) is 1. The maximum atomic E-state index is 13.3. The zero-order chi connectivity index (χ0) is 19.8. The first-order valence-electron chi connectivity index (χ1n) is 9.15. The number of nitrogens with one attached hydrogen (secondary N) is 1. The standard InChI is InChI=1S/C21H21ClN4O2/c1-12(2)10-17-18-19(25-24-17)21(27)26(13-4-6-14(28-3)7-5-13)20(18)15-11-23-9-8-16(15)22/h4-9,11-12,20H,10H2,1-3H3,(H,24,25). The maximum absolute atomic E-state index is 13.3. The number of aromatic amines is 1. The molecule has 0 saturated heterocycles. The Bertz CT molecular complexity index is 1010. The number of rotatable bonds is 5. The minimum Gasteiger partial charge on any atom is -0.497 e. The van der Waals surface area contributed by atoms with Gasteiger partial charge in [-0.15, -0.1) is 0 Å². The van der Waals surface area contributed by atoms with Gasteiger partial charge in [0, 0.05) is 39.9 Å². The molecule has 1 N–H and O–H groups in total. The number of pyridine rings is 1. The smallest absolute Gasteiger partial charge is 0.280 e. The number of anilines is 1. The molecule has 0 saturated carbocycles. The van der Waals surface area contributed by atoms with Crippen LogP contribution in [0.25, 0.3) is 0 Å². The van der Waals surface area contributed by atoms with Crippen molar-refractivity contribution in [3.63, 3.8) is 0 Å². The van der Waals surface area contributed by atoms with E-state index < -0.39 is 0 Å². The minimum atomic E-state index is -0.385. The largest absolute Gasteiger partial charge is 0.497 e. The first-order chi connectivity index (χ1) is 13.5. The number of halogens is 1. The molecule has 1 atom stereocenters. The van der Waals surface area contributed by atoms with Crippen molar-refractivity contribution in [2.45, 2.75) is 26.3 Å². The number of aromatic nitrogens is 3. The van der Waals surface area contributed by atoms with Gasteiger partial charge < -0.3 is 4.74 Å². The molecule has 4 rings (SSSR count). The van der Waals surface area contributed by atoms with Crippen molar-refractivity contribution in [1.29, 1.82) is 0 Å². The Morgan fingerprint density at radius 1 is 1.25 bits per heavy atom. The molecule has 2 aromatic heterocycles. The topological polar surface area (TPSA) is 71.1 Å².